The second-order valence-electron chi connectivity index (χ2n) is 6.85. The van der Waals surface area contributed by atoms with Crippen molar-refractivity contribution in [2.75, 3.05) is 17.7 Å². The standard InChI is InChI=1S/C12H11ClN6.C5H11O8P/c13-8-1-2-9(14)7(3-8)4-15-11-10-12(17-5-16-10)19-6-18-11;6-3-2(1-12-14(9,10)11)13-5(8)4(3)7/h1-3,5-6H,4,14H2,(H2,15,16,17,18,19);2-8H,1H2,(H2,9,10,11)/t;2-,3-,4-,5?/m.1/s1. The van der Waals surface area contributed by atoms with Gasteiger partial charge in [-0.1, -0.05) is 11.6 Å². The summed E-state index contributed by atoms with van der Waals surface area (Å²) in [4.78, 5) is 31.9. The molecule has 180 valence electrons. The highest BCUT2D eigenvalue weighted by atomic mass is 35.5. The van der Waals surface area contributed by atoms with Crippen LogP contribution in [0.15, 0.2) is 30.9 Å². The lowest BCUT2D eigenvalue weighted by Gasteiger charge is -2.14. The molecule has 1 saturated heterocycles. The minimum Gasteiger partial charge on any atom is -0.398 e. The lowest BCUT2D eigenvalue weighted by atomic mass is 10.1. The molecule has 1 aromatic carbocycles. The van der Waals surface area contributed by atoms with E-state index in [1.54, 1.807) is 18.5 Å². The molecular weight excluding hydrogens is 483 g/mol. The average Bonchev–Trinajstić information content (AvgIpc) is 3.34. The van der Waals surface area contributed by atoms with Crippen molar-refractivity contribution in [1.82, 2.24) is 19.9 Å². The number of phosphoric ester groups is 1. The Hall–Kier alpha value is -2.39. The highest BCUT2D eigenvalue weighted by molar-refractivity contribution is 7.46. The van der Waals surface area contributed by atoms with E-state index in [1.165, 1.54) is 6.33 Å². The summed E-state index contributed by atoms with van der Waals surface area (Å²) in [6, 6.07) is 5.37. The molecule has 0 saturated carbocycles. The van der Waals surface area contributed by atoms with Crippen LogP contribution in [-0.4, -0.2) is 76.3 Å². The van der Waals surface area contributed by atoms with Crippen molar-refractivity contribution in [2.24, 2.45) is 0 Å². The number of nitrogens with two attached hydrogens (primary N) is 1. The van der Waals surface area contributed by atoms with E-state index in [2.05, 4.69) is 34.5 Å². The number of aromatic amines is 1. The normalized spacial score (nSPS) is 22.7. The first-order chi connectivity index (χ1) is 15.5. The number of aliphatic hydroxyl groups excluding tert-OH is 3. The monoisotopic (exact) mass is 504 g/mol. The lowest BCUT2D eigenvalue weighted by molar-refractivity contribution is -0.132. The number of ether oxygens (including phenoxy) is 1. The largest absolute Gasteiger partial charge is 0.469 e. The summed E-state index contributed by atoms with van der Waals surface area (Å²) in [6.45, 7) is -0.0862. The van der Waals surface area contributed by atoms with Crippen LogP contribution in [-0.2, 0) is 20.4 Å². The number of benzene rings is 1. The van der Waals surface area contributed by atoms with Gasteiger partial charge in [0.1, 0.15) is 30.2 Å². The summed E-state index contributed by atoms with van der Waals surface area (Å²) in [5, 5.41) is 30.9. The summed E-state index contributed by atoms with van der Waals surface area (Å²) < 4.78 is 18.9. The Morgan fingerprint density at radius 2 is 1.97 bits per heavy atom. The molecule has 0 spiro atoms. The summed E-state index contributed by atoms with van der Waals surface area (Å²) in [5.74, 6) is 0.682. The van der Waals surface area contributed by atoms with Crippen LogP contribution < -0.4 is 11.1 Å². The molecule has 1 aliphatic rings. The van der Waals surface area contributed by atoms with Gasteiger partial charge in [-0.3, -0.25) is 4.52 Å². The molecule has 33 heavy (non-hydrogen) atoms. The van der Waals surface area contributed by atoms with E-state index in [4.69, 9.17) is 42.4 Å². The third kappa shape index (κ3) is 6.80. The number of halogens is 1. The van der Waals surface area contributed by atoms with Crippen LogP contribution in [0.4, 0.5) is 11.5 Å². The zero-order chi connectivity index (χ0) is 24.2. The summed E-state index contributed by atoms with van der Waals surface area (Å²) >= 11 is 5.95. The number of fused-ring (bicyclic) bond motifs is 1. The van der Waals surface area contributed by atoms with Crippen molar-refractivity contribution in [1.29, 1.82) is 0 Å². The molecule has 2 aromatic heterocycles. The number of aromatic nitrogens is 4. The van der Waals surface area contributed by atoms with Gasteiger partial charge in [-0.2, -0.15) is 0 Å². The van der Waals surface area contributed by atoms with Gasteiger partial charge >= 0.3 is 7.82 Å². The van der Waals surface area contributed by atoms with E-state index in [9.17, 15) is 4.57 Å². The molecule has 1 aliphatic heterocycles. The van der Waals surface area contributed by atoms with E-state index < -0.39 is 39.0 Å². The maximum Gasteiger partial charge on any atom is 0.469 e. The highest BCUT2D eigenvalue weighted by Gasteiger charge is 2.42. The number of rotatable bonds is 6. The molecule has 3 heterocycles. The molecule has 0 radical (unpaired) electrons. The first-order valence-electron chi connectivity index (χ1n) is 9.36. The summed E-state index contributed by atoms with van der Waals surface area (Å²) in [6.07, 6.45) is -2.62. The molecule has 4 rings (SSSR count). The van der Waals surface area contributed by atoms with Gasteiger partial charge in [0.05, 0.1) is 12.9 Å². The van der Waals surface area contributed by atoms with Crippen LogP contribution in [0.2, 0.25) is 5.02 Å². The predicted molar refractivity (Wildman–Crippen MR) is 116 cm³/mol. The zero-order valence-electron chi connectivity index (χ0n) is 16.8. The smallest absolute Gasteiger partial charge is 0.398 e. The van der Waals surface area contributed by atoms with Crippen LogP contribution >= 0.6 is 19.4 Å². The Kier molecular flexibility index (Phi) is 8.18. The molecule has 0 bridgehead atoms. The van der Waals surface area contributed by atoms with Crippen molar-refractivity contribution in [3.05, 3.63) is 41.4 Å². The fourth-order valence-corrected chi connectivity index (χ4v) is 3.38. The van der Waals surface area contributed by atoms with Gasteiger partial charge in [0.25, 0.3) is 0 Å². The topological polar surface area (TPSA) is 229 Å². The summed E-state index contributed by atoms with van der Waals surface area (Å²) in [7, 11) is -4.64. The molecular formula is C17H22ClN6O8P. The lowest BCUT2D eigenvalue weighted by Crippen LogP contribution is -2.34. The quantitative estimate of drug-likeness (QED) is 0.160. The number of aliphatic hydroxyl groups is 3. The second-order valence-corrected chi connectivity index (χ2v) is 8.53. The molecule has 1 unspecified atom stereocenters. The summed E-state index contributed by atoms with van der Waals surface area (Å²) in [5.41, 5.74) is 8.89. The van der Waals surface area contributed by atoms with Gasteiger partial charge in [-0.05, 0) is 23.8 Å². The van der Waals surface area contributed by atoms with Gasteiger partial charge in [-0.25, -0.2) is 19.5 Å². The number of hydrogen-bond acceptors (Lipinski definition) is 11. The number of nitrogens with one attached hydrogen (secondary N) is 2. The fraction of sp³-hybridized carbons (Fsp3) is 0.353. The minimum atomic E-state index is -4.64. The van der Waals surface area contributed by atoms with Gasteiger partial charge < -0.3 is 45.9 Å². The number of H-pyrrole nitrogens is 1. The zero-order valence-corrected chi connectivity index (χ0v) is 18.5. The molecule has 0 aliphatic carbocycles. The fourth-order valence-electron chi connectivity index (χ4n) is 2.84. The van der Waals surface area contributed by atoms with Crippen LogP contribution in [0.3, 0.4) is 0 Å². The number of nitrogen functional groups attached to an aromatic ring is 1. The van der Waals surface area contributed by atoms with Crippen LogP contribution in [0.5, 0.6) is 0 Å². The number of anilines is 2. The van der Waals surface area contributed by atoms with Crippen molar-refractivity contribution in [2.45, 2.75) is 31.1 Å². The number of hydrogen-bond donors (Lipinski definition) is 8. The Morgan fingerprint density at radius 1 is 1.21 bits per heavy atom. The molecule has 16 heteroatoms. The van der Waals surface area contributed by atoms with E-state index in [-0.39, 0.29) is 0 Å². The minimum absolute atomic E-state index is 0.525. The van der Waals surface area contributed by atoms with Crippen LogP contribution in [0.25, 0.3) is 11.2 Å². The predicted octanol–water partition coefficient (Wildman–Crippen LogP) is -0.265. The number of nitrogens with zero attached hydrogens (tertiary/aromatic N) is 3. The SMILES string of the molecule is Nc1ccc(Cl)cc1CNc1ncnc2nc[nH]c12.O=P(O)(O)OC[C@H]1OC(O)[C@H](O)[C@@H]1O. The Morgan fingerprint density at radius 3 is 2.64 bits per heavy atom. The van der Waals surface area contributed by atoms with Gasteiger partial charge in [0, 0.05) is 17.3 Å². The molecule has 4 atom stereocenters. The van der Waals surface area contributed by atoms with Crippen molar-refractivity contribution >= 4 is 42.1 Å². The van der Waals surface area contributed by atoms with E-state index in [0.717, 1.165) is 11.1 Å². The molecule has 9 N–H and O–H groups in total. The maximum atomic E-state index is 10.3. The molecule has 0 amide bonds. The first kappa shape index (κ1) is 25.2. The second kappa shape index (κ2) is 10.7. The van der Waals surface area contributed by atoms with Gasteiger partial charge in [-0.15, -0.1) is 0 Å². The molecule has 1 fully saturated rings. The van der Waals surface area contributed by atoms with Crippen molar-refractivity contribution in [3.63, 3.8) is 0 Å². The van der Waals surface area contributed by atoms with Crippen molar-refractivity contribution in [3.8, 4) is 0 Å². The number of phosphoric acid groups is 1. The average molecular weight is 505 g/mol. The van der Waals surface area contributed by atoms with Crippen LogP contribution in [0.1, 0.15) is 5.56 Å². The Balaban J connectivity index is 0.000000196. The van der Waals surface area contributed by atoms with E-state index in [0.29, 0.717) is 28.7 Å². The van der Waals surface area contributed by atoms with Crippen LogP contribution in [0, 0.1) is 0 Å². The molecule has 3 aromatic rings. The highest BCUT2D eigenvalue weighted by Crippen LogP contribution is 2.37. The van der Waals surface area contributed by atoms with Gasteiger partial charge in [0.2, 0.25) is 0 Å². The third-order valence-corrected chi connectivity index (χ3v) is 5.24. The van der Waals surface area contributed by atoms with E-state index in [1.807, 2.05) is 6.07 Å². The first-order valence-corrected chi connectivity index (χ1v) is 11.3. The van der Waals surface area contributed by atoms with Crippen molar-refractivity contribution < 1.29 is 38.9 Å². The van der Waals surface area contributed by atoms with Gasteiger partial charge in [0.15, 0.2) is 17.8 Å². The number of imidazole rings is 1. The molecule has 14 nitrogen and oxygen atoms in total. The third-order valence-electron chi connectivity index (χ3n) is 4.52. The Bertz CT molecular complexity index is 1130. The van der Waals surface area contributed by atoms with E-state index >= 15 is 0 Å². The maximum absolute atomic E-state index is 10.3. The Labute approximate surface area is 191 Å².